The summed E-state index contributed by atoms with van der Waals surface area (Å²) in [5.41, 5.74) is 15.5. The highest BCUT2D eigenvalue weighted by atomic mass is 15.4. The number of aromatic nitrogens is 4. The molecule has 13 rings (SSSR count). The standard InChI is InChI=1S/C56H56N10/c1-3-19-41-39(17-1)45-33-49-43-21-5-13-37(15-7-25-63-29-11-31-65-27-9-23-57-55(63)65)53(43)52(61-49)36-48-42-20-4-2-18-40(42)46(60-48)34-50-44-22-6-14-38(54(44)51(62-50)35-47(41)59-45)16-8-26-64-30-12-32-66-28-10-24-58-56(64)66/h1-6,13-14,17-22,33-36,61-62H,7-12,15-16,23-32H2. The number of benzene rings is 4. The first-order valence-corrected chi connectivity index (χ1v) is 24.6. The number of hydrogen-bond donors (Lipinski definition) is 2. The minimum Gasteiger partial charge on any atom is -0.354 e. The van der Waals surface area contributed by atoms with Gasteiger partial charge in [0, 0.05) is 131 Å². The van der Waals surface area contributed by atoms with Gasteiger partial charge in [0.2, 0.25) is 0 Å². The molecular weight excluding hydrogens is 813 g/mol. The maximum atomic E-state index is 5.48. The first kappa shape index (κ1) is 39.4. The largest absolute Gasteiger partial charge is 0.354 e. The molecule has 0 amide bonds. The van der Waals surface area contributed by atoms with Gasteiger partial charge in [-0.1, -0.05) is 84.9 Å². The van der Waals surface area contributed by atoms with Crippen molar-refractivity contribution in [2.45, 2.75) is 51.4 Å². The predicted octanol–water partition coefficient (Wildman–Crippen LogP) is 10.7. The predicted molar refractivity (Wildman–Crippen MR) is 271 cm³/mol. The van der Waals surface area contributed by atoms with Crippen molar-refractivity contribution in [2.75, 3.05) is 65.4 Å². The zero-order chi connectivity index (χ0) is 43.6. The van der Waals surface area contributed by atoms with Crippen LogP contribution in [0.25, 0.3) is 88.6 Å². The number of hydrogen-bond acceptors (Lipinski definition) is 8. The molecule has 0 aliphatic carbocycles. The fraction of sp³-hybridized carbons (Fsp3) is 0.321. The topological polar surface area (TPSA) is 95.0 Å². The van der Waals surface area contributed by atoms with Gasteiger partial charge in [0.05, 0.1) is 22.8 Å². The summed E-state index contributed by atoms with van der Waals surface area (Å²) in [4.78, 5) is 38.8. The number of aliphatic imine (C=N–C) groups is 2. The molecule has 2 N–H and O–H groups in total. The first-order valence-electron chi connectivity index (χ1n) is 24.6. The molecule has 2 fully saturated rings. The quantitative estimate of drug-likeness (QED) is 0.158. The normalized spacial score (nSPS) is 16.8. The Kier molecular flexibility index (Phi) is 9.85. The van der Waals surface area contributed by atoms with Gasteiger partial charge >= 0.3 is 0 Å². The van der Waals surface area contributed by atoms with Gasteiger partial charge in [-0.15, -0.1) is 0 Å². The lowest BCUT2D eigenvalue weighted by molar-refractivity contribution is 0.242. The van der Waals surface area contributed by atoms with E-state index in [2.05, 4.69) is 139 Å². The van der Waals surface area contributed by atoms with E-state index in [1.54, 1.807) is 0 Å². The van der Waals surface area contributed by atoms with E-state index in [4.69, 9.17) is 20.0 Å². The maximum absolute atomic E-state index is 5.48. The average Bonchev–Trinajstić information content (AvgIpc) is 4.10. The highest BCUT2D eigenvalue weighted by Crippen LogP contribution is 2.41. The fourth-order valence-electron chi connectivity index (χ4n) is 11.8. The first-order chi connectivity index (χ1) is 32.7. The second-order valence-electron chi connectivity index (χ2n) is 19.0. The molecule has 2 saturated heterocycles. The number of nitrogens with one attached hydrogen (secondary N) is 2. The number of aromatic amines is 2. The molecule has 0 atom stereocenters. The SMILES string of the molecule is c1ccc2c(c1)-c1cc3[nH]c(cc4nc(cc5[nH]c(cc-2n1)c1c(CCCN2CCCN6CCCN=C62)cccc51)-c1ccccc1-4)c1c(CCCN2CCCN4CCCN=C42)cccc31. The molecule has 3 aromatic heterocycles. The molecule has 7 aromatic rings. The zero-order valence-electron chi connectivity index (χ0n) is 37.7. The van der Waals surface area contributed by atoms with Crippen LogP contribution in [-0.4, -0.2) is 117 Å². The van der Waals surface area contributed by atoms with E-state index in [0.717, 1.165) is 171 Å². The minimum atomic E-state index is 0.944. The lowest BCUT2D eigenvalue weighted by atomic mass is 10.00. The van der Waals surface area contributed by atoms with Crippen LogP contribution in [0, 0.1) is 0 Å². The van der Waals surface area contributed by atoms with Crippen LogP contribution in [0.1, 0.15) is 49.7 Å². The highest BCUT2D eigenvalue weighted by Gasteiger charge is 2.27. The van der Waals surface area contributed by atoms with E-state index >= 15 is 0 Å². The Morgan fingerprint density at radius 3 is 1.27 bits per heavy atom. The fourth-order valence-corrected chi connectivity index (χ4v) is 11.8. The molecule has 10 heteroatoms. The molecule has 6 aliphatic heterocycles. The summed E-state index contributed by atoms with van der Waals surface area (Å²) >= 11 is 0. The lowest BCUT2D eigenvalue weighted by Gasteiger charge is -2.41. The molecule has 8 bridgehead atoms. The molecule has 66 heavy (non-hydrogen) atoms. The van der Waals surface area contributed by atoms with Crippen LogP contribution in [0.5, 0.6) is 0 Å². The van der Waals surface area contributed by atoms with E-state index in [-0.39, 0.29) is 0 Å². The van der Waals surface area contributed by atoms with E-state index in [1.165, 1.54) is 57.4 Å². The van der Waals surface area contributed by atoms with Crippen molar-refractivity contribution in [2.24, 2.45) is 9.98 Å². The van der Waals surface area contributed by atoms with E-state index in [9.17, 15) is 0 Å². The second-order valence-corrected chi connectivity index (χ2v) is 19.0. The molecule has 0 unspecified atom stereocenters. The van der Waals surface area contributed by atoms with Crippen molar-refractivity contribution in [1.29, 1.82) is 0 Å². The van der Waals surface area contributed by atoms with E-state index in [1.807, 2.05) is 0 Å². The Bertz CT molecular complexity index is 3060. The molecule has 330 valence electrons. The van der Waals surface area contributed by atoms with Gasteiger partial charge in [-0.3, -0.25) is 9.98 Å². The Morgan fingerprint density at radius 2 is 0.833 bits per heavy atom. The summed E-state index contributed by atoms with van der Waals surface area (Å²) in [5, 5.41) is 4.95. The number of H-pyrrole nitrogens is 2. The maximum Gasteiger partial charge on any atom is 0.196 e. The number of rotatable bonds is 8. The van der Waals surface area contributed by atoms with Crippen LogP contribution < -0.4 is 0 Å². The third kappa shape index (κ3) is 6.91. The van der Waals surface area contributed by atoms with Gasteiger partial charge in [-0.2, -0.15) is 0 Å². The van der Waals surface area contributed by atoms with Crippen molar-refractivity contribution in [3.05, 3.63) is 120 Å². The number of aryl methyl sites for hydroxylation is 2. The van der Waals surface area contributed by atoms with Crippen LogP contribution >= 0.6 is 0 Å². The summed E-state index contributed by atoms with van der Waals surface area (Å²) in [5.74, 6) is 2.43. The average molecular weight is 869 g/mol. The van der Waals surface area contributed by atoms with Crippen LogP contribution in [0.15, 0.2) is 119 Å². The van der Waals surface area contributed by atoms with E-state index in [0.29, 0.717) is 0 Å². The Labute approximate surface area is 385 Å². The zero-order valence-corrected chi connectivity index (χ0v) is 37.7. The molecule has 9 heterocycles. The monoisotopic (exact) mass is 868 g/mol. The van der Waals surface area contributed by atoms with Crippen molar-refractivity contribution >= 4 is 55.5 Å². The third-order valence-electron chi connectivity index (χ3n) is 14.8. The van der Waals surface area contributed by atoms with Crippen molar-refractivity contribution in [3.8, 4) is 45.0 Å². The Hall–Kier alpha value is -6.94. The summed E-state index contributed by atoms with van der Waals surface area (Å²) in [6.45, 7) is 10.6. The molecule has 0 radical (unpaired) electrons. The van der Waals surface area contributed by atoms with Gasteiger partial charge < -0.3 is 29.6 Å². The molecule has 10 nitrogen and oxygen atoms in total. The molecule has 0 spiro atoms. The van der Waals surface area contributed by atoms with Crippen LogP contribution in [0.2, 0.25) is 0 Å². The highest BCUT2D eigenvalue weighted by molar-refractivity contribution is 6.12. The smallest absolute Gasteiger partial charge is 0.196 e. The van der Waals surface area contributed by atoms with Crippen LogP contribution in [0.4, 0.5) is 0 Å². The second kappa shape index (κ2) is 16.5. The van der Waals surface area contributed by atoms with Gasteiger partial charge in [0.15, 0.2) is 11.9 Å². The lowest BCUT2D eigenvalue weighted by Crippen LogP contribution is -2.52. The van der Waals surface area contributed by atoms with Gasteiger partial charge in [-0.25, -0.2) is 9.97 Å². The summed E-state index contributed by atoms with van der Waals surface area (Å²) < 4.78 is 0. The molecular formula is C56H56N10. The van der Waals surface area contributed by atoms with Crippen molar-refractivity contribution in [3.63, 3.8) is 0 Å². The van der Waals surface area contributed by atoms with Gasteiger partial charge in [0.25, 0.3) is 0 Å². The summed E-state index contributed by atoms with van der Waals surface area (Å²) in [6, 6.07) is 40.2. The molecule has 6 aliphatic rings. The molecule has 0 saturated carbocycles. The van der Waals surface area contributed by atoms with Gasteiger partial charge in [0.1, 0.15) is 0 Å². The molecule has 4 aromatic carbocycles. The Balaban J connectivity index is 0.963. The van der Waals surface area contributed by atoms with E-state index < -0.39 is 0 Å². The van der Waals surface area contributed by atoms with Crippen molar-refractivity contribution in [1.82, 2.24) is 39.5 Å². The summed E-state index contributed by atoms with van der Waals surface area (Å²) in [7, 11) is 0. The van der Waals surface area contributed by atoms with Crippen molar-refractivity contribution < 1.29 is 0 Å². The van der Waals surface area contributed by atoms with Gasteiger partial charge in [-0.05, 0) is 86.8 Å². The minimum absolute atomic E-state index is 0.944. The number of nitrogens with zero attached hydrogens (tertiary/aromatic N) is 8. The number of guanidine groups is 2. The van der Waals surface area contributed by atoms with Crippen LogP contribution in [-0.2, 0) is 12.8 Å². The number of fused-ring (bicyclic) bond motifs is 22. The third-order valence-corrected chi connectivity index (χ3v) is 14.8. The van der Waals surface area contributed by atoms with Crippen LogP contribution in [0.3, 0.4) is 0 Å². The Morgan fingerprint density at radius 1 is 0.424 bits per heavy atom. The summed E-state index contributed by atoms with van der Waals surface area (Å²) in [6.07, 6.45) is 8.78.